The molecule has 0 heterocycles. The van der Waals surface area contributed by atoms with E-state index in [2.05, 4.69) is 6.07 Å². The van der Waals surface area contributed by atoms with Crippen LogP contribution >= 0.6 is 0 Å². The molecule has 0 saturated heterocycles. The molecule has 2 aliphatic rings. The number of benzene rings is 1. The molecule has 0 bridgehead atoms. The lowest BCUT2D eigenvalue weighted by Gasteiger charge is -2.39. The first-order valence-electron chi connectivity index (χ1n) is 10.0. The van der Waals surface area contributed by atoms with Gasteiger partial charge in [-0.3, -0.25) is 9.59 Å². The van der Waals surface area contributed by atoms with Crippen LogP contribution in [0.4, 0.5) is 4.39 Å². The first-order chi connectivity index (χ1) is 13.4. The molecule has 6 heteroatoms. The Bertz CT molecular complexity index is 757. The second-order valence-corrected chi connectivity index (χ2v) is 8.03. The lowest BCUT2D eigenvalue weighted by Crippen LogP contribution is -2.51. The number of amides is 1. The lowest BCUT2D eigenvalue weighted by atomic mass is 9.79. The average molecular weight is 386 g/mol. The summed E-state index contributed by atoms with van der Waals surface area (Å²) in [5, 5.41) is 9.64. The first kappa shape index (κ1) is 20.3. The monoisotopic (exact) mass is 386 g/mol. The van der Waals surface area contributed by atoms with Gasteiger partial charge in [0.1, 0.15) is 11.4 Å². The van der Waals surface area contributed by atoms with Gasteiger partial charge in [0.25, 0.3) is 5.91 Å². The second kappa shape index (κ2) is 8.30. The number of ether oxygens (including phenoxy) is 1. The van der Waals surface area contributed by atoms with E-state index < -0.39 is 16.9 Å². The van der Waals surface area contributed by atoms with Crippen LogP contribution in [0.25, 0.3) is 0 Å². The van der Waals surface area contributed by atoms with Crippen LogP contribution in [-0.2, 0) is 19.7 Å². The van der Waals surface area contributed by atoms with Gasteiger partial charge in [-0.1, -0.05) is 44.2 Å². The Kier molecular flexibility index (Phi) is 6.02. The summed E-state index contributed by atoms with van der Waals surface area (Å²) in [5.41, 5.74) is -0.883. The molecule has 5 nitrogen and oxygen atoms in total. The molecule has 2 saturated carbocycles. The molecular weight excluding hydrogens is 359 g/mol. The smallest absolute Gasteiger partial charge is 0.317 e. The summed E-state index contributed by atoms with van der Waals surface area (Å²) in [6.07, 6.45) is 7.24. The Labute approximate surface area is 165 Å². The third kappa shape index (κ3) is 3.76. The molecule has 0 aromatic heterocycles. The van der Waals surface area contributed by atoms with Crippen LogP contribution in [0.1, 0.15) is 63.4 Å². The third-order valence-electron chi connectivity index (χ3n) is 6.48. The van der Waals surface area contributed by atoms with Gasteiger partial charge < -0.3 is 9.64 Å². The van der Waals surface area contributed by atoms with Gasteiger partial charge in [-0.2, -0.15) is 5.26 Å². The summed E-state index contributed by atoms with van der Waals surface area (Å²) in [5.74, 6) is -1.14. The van der Waals surface area contributed by atoms with E-state index in [9.17, 15) is 19.2 Å². The summed E-state index contributed by atoms with van der Waals surface area (Å²) in [6.45, 7) is -0.373. The Morgan fingerprint density at radius 1 is 1.07 bits per heavy atom. The Morgan fingerprint density at radius 3 is 2.21 bits per heavy atom. The van der Waals surface area contributed by atoms with Crippen LogP contribution < -0.4 is 0 Å². The summed E-state index contributed by atoms with van der Waals surface area (Å²) < 4.78 is 18.7. The minimum Gasteiger partial charge on any atom is -0.455 e. The molecule has 0 N–H and O–H groups in total. The number of rotatable bonds is 5. The van der Waals surface area contributed by atoms with Gasteiger partial charge in [0.15, 0.2) is 6.61 Å². The number of carbonyl (C=O) groups excluding carboxylic acids is 2. The number of likely N-dealkylation sites (N-methyl/N-ethyl adjacent to an activating group) is 1. The number of esters is 1. The molecule has 0 atom stereocenters. The molecular formula is C22H27FN2O3. The van der Waals surface area contributed by atoms with E-state index in [1.165, 1.54) is 17.0 Å². The van der Waals surface area contributed by atoms with Crippen molar-refractivity contribution in [2.24, 2.45) is 0 Å². The molecule has 28 heavy (non-hydrogen) atoms. The molecule has 1 aromatic carbocycles. The Hall–Kier alpha value is -2.42. The van der Waals surface area contributed by atoms with Crippen molar-refractivity contribution >= 4 is 11.9 Å². The van der Waals surface area contributed by atoms with Gasteiger partial charge in [0, 0.05) is 7.05 Å². The zero-order valence-electron chi connectivity index (χ0n) is 16.4. The van der Waals surface area contributed by atoms with E-state index in [0.717, 1.165) is 37.7 Å². The van der Waals surface area contributed by atoms with Crippen molar-refractivity contribution in [3.63, 3.8) is 0 Å². The fourth-order valence-electron chi connectivity index (χ4n) is 4.62. The van der Waals surface area contributed by atoms with Crippen LogP contribution in [0.15, 0.2) is 24.3 Å². The maximum absolute atomic E-state index is 13.3. The lowest BCUT2D eigenvalue weighted by molar-refractivity contribution is -0.158. The predicted octanol–water partition coefficient (Wildman–Crippen LogP) is 3.87. The molecule has 2 aliphatic carbocycles. The molecule has 3 rings (SSSR count). The maximum atomic E-state index is 13.3. The molecule has 0 unspecified atom stereocenters. The van der Waals surface area contributed by atoms with Crippen LogP contribution in [0.2, 0.25) is 0 Å². The summed E-state index contributed by atoms with van der Waals surface area (Å²) in [6, 6.07) is 8.26. The van der Waals surface area contributed by atoms with E-state index in [1.54, 1.807) is 19.2 Å². The number of nitrogens with zero attached hydrogens (tertiary/aromatic N) is 2. The summed E-state index contributed by atoms with van der Waals surface area (Å²) >= 11 is 0. The van der Waals surface area contributed by atoms with E-state index in [0.29, 0.717) is 25.7 Å². The highest BCUT2D eigenvalue weighted by molar-refractivity contribution is 5.87. The van der Waals surface area contributed by atoms with Crippen molar-refractivity contribution in [2.75, 3.05) is 13.7 Å². The first-order valence-corrected chi connectivity index (χ1v) is 10.0. The normalized spacial score (nSPS) is 20.2. The van der Waals surface area contributed by atoms with Gasteiger partial charge >= 0.3 is 5.97 Å². The Morgan fingerprint density at radius 2 is 1.64 bits per heavy atom. The fourth-order valence-corrected chi connectivity index (χ4v) is 4.62. The molecule has 150 valence electrons. The van der Waals surface area contributed by atoms with Gasteiger partial charge in [-0.15, -0.1) is 0 Å². The average Bonchev–Trinajstić information content (AvgIpc) is 3.23. The van der Waals surface area contributed by atoms with Crippen molar-refractivity contribution in [2.45, 2.75) is 68.7 Å². The SMILES string of the molecule is CN(C(=O)COC(=O)C1(c2ccc(F)cc2)CCCC1)C1(C#N)CCCCC1. The minimum atomic E-state index is -0.815. The van der Waals surface area contributed by atoms with Crippen molar-refractivity contribution in [1.29, 1.82) is 5.26 Å². The number of hydrogen-bond acceptors (Lipinski definition) is 4. The van der Waals surface area contributed by atoms with Crippen LogP contribution in [0, 0.1) is 17.1 Å². The van der Waals surface area contributed by atoms with E-state index in [1.807, 2.05) is 0 Å². The fraction of sp³-hybridized carbons (Fsp3) is 0.591. The van der Waals surface area contributed by atoms with Gasteiger partial charge in [0.2, 0.25) is 0 Å². The molecule has 0 aliphatic heterocycles. The van der Waals surface area contributed by atoms with Crippen LogP contribution in [0.3, 0.4) is 0 Å². The number of hydrogen-bond donors (Lipinski definition) is 0. The number of nitriles is 1. The Balaban J connectivity index is 1.68. The molecule has 0 radical (unpaired) electrons. The summed E-state index contributed by atoms with van der Waals surface area (Å²) in [7, 11) is 1.62. The third-order valence-corrected chi connectivity index (χ3v) is 6.48. The second-order valence-electron chi connectivity index (χ2n) is 8.03. The standard InChI is InChI=1S/C22H27FN2O3/c1-25(21(16-24)11-3-2-4-12-21)19(26)15-28-20(27)22(13-5-6-14-22)17-7-9-18(23)10-8-17/h7-10H,2-6,11-15H2,1H3. The van der Waals surface area contributed by atoms with Gasteiger partial charge in [-0.25, -0.2) is 4.39 Å². The van der Waals surface area contributed by atoms with E-state index in [4.69, 9.17) is 4.74 Å². The topological polar surface area (TPSA) is 70.4 Å². The molecule has 1 aromatic rings. The maximum Gasteiger partial charge on any atom is 0.317 e. The predicted molar refractivity (Wildman–Crippen MR) is 102 cm³/mol. The minimum absolute atomic E-state index is 0.351. The van der Waals surface area contributed by atoms with E-state index >= 15 is 0 Å². The molecule has 0 spiro atoms. The molecule has 2 fully saturated rings. The van der Waals surface area contributed by atoms with Crippen LogP contribution in [0.5, 0.6) is 0 Å². The van der Waals surface area contributed by atoms with Gasteiger partial charge in [-0.05, 0) is 43.4 Å². The highest BCUT2D eigenvalue weighted by Crippen LogP contribution is 2.42. The van der Waals surface area contributed by atoms with Crippen molar-refractivity contribution < 1.29 is 18.7 Å². The van der Waals surface area contributed by atoms with Crippen molar-refractivity contribution in [3.8, 4) is 6.07 Å². The summed E-state index contributed by atoms with van der Waals surface area (Å²) in [4.78, 5) is 27.1. The number of halogens is 1. The van der Waals surface area contributed by atoms with Gasteiger partial charge in [0.05, 0.1) is 11.5 Å². The van der Waals surface area contributed by atoms with Crippen molar-refractivity contribution in [1.82, 2.24) is 4.90 Å². The van der Waals surface area contributed by atoms with Crippen molar-refractivity contribution in [3.05, 3.63) is 35.6 Å². The van der Waals surface area contributed by atoms with E-state index in [-0.39, 0.29) is 18.3 Å². The highest BCUT2D eigenvalue weighted by atomic mass is 19.1. The zero-order valence-corrected chi connectivity index (χ0v) is 16.4. The highest BCUT2D eigenvalue weighted by Gasteiger charge is 2.45. The zero-order chi connectivity index (χ0) is 20.2. The van der Waals surface area contributed by atoms with Crippen LogP contribution in [-0.4, -0.2) is 36.0 Å². The largest absolute Gasteiger partial charge is 0.455 e. The number of carbonyl (C=O) groups is 2. The quantitative estimate of drug-likeness (QED) is 0.721. The molecule has 1 amide bonds.